The molecular formula is C21H17F2N5O. The van der Waals surface area contributed by atoms with Crippen LogP contribution in [0.4, 0.5) is 25.8 Å². The molecule has 29 heavy (non-hydrogen) atoms. The van der Waals surface area contributed by atoms with Gasteiger partial charge in [0.1, 0.15) is 17.6 Å². The molecule has 3 aromatic rings. The number of anilines is 2. The maximum Gasteiger partial charge on any atom is 0.237 e. The Kier molecular flexibility index (Phi) is 4.99. The van der Waals surface area contributed by atoms with Gasteiger partial charge in [0.2, 0.25) is 5.91 Å². The molecule has 1 aliphatic rings. The van der Waals surface area contributed by atoms with Crippen LogP contribution in [0, 0.1) is 18.6 Å². The van der Waals surface area contributed by atoms with Crippen LogP contribution < -0.4 is 10.6 Å². The fourth-order valence-electron chi connectivity index (χ4n) is 2.99. The van der Waals surface area contributed by atoms with Crippen molar-refractivity contribution in [3.05, 3.63) is 77.4 Å². The van der Waals surface area contributed by atoms with Gasteiger partial charge in [-0.1, -0.05) is 0 Å². The molecule has 4 rings (SSSR count). The Morgan fingerprint density at radius 1 is 1.17 bits per heavy atom. The average Bonchev–Trinajstić information content (AvgIpc) is 3.01. The van der Waals surface area contributed by atoms with E-state index in [1.807, 2.05) is 6.92 Å². The maximum atomic E-state index is 14.4. The first-order valence-electron chi connectivity index (χ1n) is 8.95. The van der Waals surface area contributed by atoms with Crippen LogP contribution in [-0.2, 0) is 11.3 Å². The fourth-order valence-corrected chi connectivity index (χ4v) is 2.99. The highest BCUT2D eigenvalue weighted by Gasteiger charge is 2.29. The van der Waals surface area contributed by atoms with Crippen molar-refractivity contribution in [1.82, 2.24) is 9.97 Å². The lowest BCUT2D eigenvalue weighted by molar-refractivity contribution is -0.115. The third kappa shape index (κ3) is 4.11. The fraction of sp³-hybridized carbons (Fsp3) is 0.143. The zero-order valence-electron chi connectivity index (χ0n) is 15.5. The number of amides is 1. The summed E-state index contributed by atoms with van der Waals surface area (Å²) in [5.74, 6) is -1.94. The second-order valence-electron chi connectivity index (χ2n) is 6.64. The predicted octanol–water partition coefficient (Wildman–Crippen LogP) is 4.11. The standard InChI is InChI=1S/C21H17F2N5O/c1-12-8-25-15(9-24-12)10-27-20-5-3-14(7-18(20)23)26-11-17-16-6-13(22)2-4-19(16)28-21(17)29/h2-9,11,17,27H,10H2,1H3,(H,28,29). The lowest BCUT2D eigenvalue weighted by atomic mass is 10.0. The molecule has 1 aromatic heterocycles. The SMILES string of the molecule is Cc1cnc(CNc2ccc(N=CC3C(=O)Nc4ccc(F)cc43)cc2F)cn1. The van der Waals surface area contributed by atoms with Crippen LogP contribution in [0.2, 0.25) is 0 Å². The average molecular weight is 393 g/mol. The van der Waals surface area contributed by atoms with E-state index in [1.165, 1.54) is 30.5 Å². The molecule has 0 fully saturated rings. The van der Waals surface area contributed by atoms with E-state index in [0.29, 0.717) is 34.9 Å². The minimum atomic E-state index is -0.721. The first-order valence-corrected chi connectivity index (χ1v) is 8.95. The number of aliphatic imine (C=N–C) groups is 1. The molecule has 0 aliphatic carbocycles. The lowest BCUT2D eigenvalue weighted by Crippen LogP contribution is -2.12. The Labute approximate surface area is 165 Å². The van der Waals surface area contributed by atoms with Crippen LogP contribution in [-0.4, -0.2) is 22.1 Å². The number of hydrogen-bond acceptors (Lipinski definition) is 5. The number of aryl methyl sites for hydroxylation is 1. The normalized spacial score (nSPS) is 15.4. The van der Waals surface area contributed by atoms with Gasteiger partial charge in [-0.15, -0.1) is 0 Å². The maximum absolute atomic E-state index is 14.4. The van der Waals surface area contributed by atoms with Crippen molar-refractivity contribution in [2.45, 2.75) is 19.4 Å². The summed E-state index contributed by atoms with van der Waals surface area (Å²) < 4.78 is 27.9. The Balaban J connectivity index is 1.46. The van der Waals surface area contributed by atoms with Gasteiger partial charge in [0.25, 0.3) is 0 Å². The highest BCUT2D eigenvalue weighted by molar-refractivity contribution is 6.12. The molecule has 1 unspecified atom stereocenters. The lowest BCUT2D eigenvalue weighted by Gasteiger charge is -2.08. The smallest absolute Gasteiger partial charge is 0.237 e. The van der Waals surface area contributed by atoms with Crippen molar-refractivity contribution >= 4 is 29.2 Å². The zero-order chi connectivity index (χ0) is 20.4. The Bertz CT molecular complexity index is 1100. The van der Waals surface area contributed by atoms with Gasteiger partial charge < -0.3 is 10.6 Å². The van der Waals surface area contributed by atoms with Crippen LogP contribution in [0.5, 0.6) is 0 Å². The molecule has 0 radical (unpaired) electrons. The van der Waals surface area contributed by atoms with E-state index in [9.17, 15) is 13.6 Å². The summed E-state index contributed by atoms with van der Waals surface area (Å²) in [7, 11) is 0. The summed E-state index contributed by atoms with van der Waals surface area (Å²) in [4.78, 5) is 24.7. The Hall–Kier alpha value is -3.68. The van der Waals surface area contributed by atoms with Crippen LogP contribution in [0.3, 0.4) is 0 Å². The number of fused-ring (bicyclic) bond motifs is 1. The van der Waals surface area contributed by atoms with Gasteiger partial charge in [0, 0.05) is 24.2 Å². The van der Waals surface area contributed by atoms with Gasteiger partial charge in [-0.05, 0) is 42.8 Å². The van der Waals surface area contributed by atoms with Gasteiger partial charge in [-0.2, -0.15) is 0 Å². The van der Waals surface area contributed by atoms with Crippen molar-refractivity contribution < 1.29 is 13.6 Å². The van der Waals surface area contributed by atoms with E-state index in [1.54, 1.807) is 24.5 Å². The number of aromatic nitrogens is 2. The molecule has 0 saturated heterocycles. The highest BCUT2D eigenvalue weighted by Crippen LogP contribution is 2.32. The van der Waals surface area contributed by atoms with Crippen molar-refractivity contribution in [3.63, 3.8) is 0 Å². The topological polar surface area (TPSA) is 79.3 Å². The molecule has 2 heterocycles. The van der Waals surface area contributed by atoms with Crippen molar-refractivity contribution in [3.8, 4) is 0 Å². The van der Waals surface area contributed by atoms with Crippen LogP contribution >= 0.6 is 0 Å². The van der Waals surface area contributed by atoms with Gasteiger partial charge in [-0.25, -0.2) is 8.78 Å². The van der Waals surface area contributed by atoms with E-state index in [2.05, 4.69) is 25.6 Å². The molecule has 0 bridgehead atoms. The number of rotatable bonds is 5. The third-order valence-corrected chi connectivity index (χ3v) is 4.51. The zero-order valence-corrected chi connectivity index (χ0v) is 15.5. The number of halogens is 2. The highest BCUT2D eigenvalue weighted by atomic mass is 19.1. The summed E-state index contributed by atoms with van der Waals surface area (Å²) in [5, 5.41) is 5.64. The van der Waals surface area contributed by atoms with Crippen molar-refractivity contribution in [2.75, 3.05) is 10.6 Å². The molecule has 146 valence electrons. The summed E-state index contributed by atoms with van der Waals surface area (Å²) in [6.07, 6.45) is 4.67. The molecule has 1 atom stereocenters. The minimum absolute atomic E-state index is 0.299. The third-order valence-electron chi connectivity index (χ3n) is 4.51. The largest absolute Gasteiger partial charge is 0.377 e. The van der Waals surface area contributed by atoms with Gasteiger partial charge >= 0.3 is 0 Å². The first-order chi connectivity index (χ1) is 14.0. The Morgan fingerprint density at radius 2 is 2.03 bits per heavy atom. The molecular weight excluding hydrogens is 376 g/mol. The van der Waals surface area contributed by atoms with Gasteiger partial charge in [0.15, 0.2) is 0 Å². The number of nitrogens with zero attached hydrogens (tertiary/aromatic N) is 3. The second-order valence-corrected chi connectivity index (χ2v) is 6.64. The van der Waals surface area contributed by atoms with E-state index in [4.69, 9.17) is 0 Å². The molecule has 8 heteroatoms. The van der Waals surface area contributed by atoms with Crippen molar-refractivity contribution in [2.24, 2.45) is 4.99 Å². The monoisotopic (exact) mass is 393 g/mol. The van der Waals surface area contributed by atoms with E-state index >= 15 is 0 Å². The van der Waals surface area contributed by atoms with Gasteiger partial charge in [0.05, 0.1) is 35.5 Å². The number of carbonyl (C=O) groups excluding carboxylic acids is 1. The van der Waals surface area contributed by atoms with Crippen LogP contribution in [0.25, 0.3) is 0 Å². The summed E-state index contributed by atoms with van der Waals surface area (Å²) >= 11 is 0. The van der Waals surface area contributed by atoms with Crippen molar-refractivity contribution in [1.29, 1.82) is 0 Å². The predicted molar refractivity (Wildman–Crippen MR) is 106 cm³/mol. The number of benzene rings is 2. The minimum Gasteiger partial charge on any atom is -0.377 e. The summed E-state index contributed by atoms with van der Waals surface area (Å²) in [6, 6.07) is 8.54. The van der Waals surface area contributed by atoms with E-state index in [0.717, 1.165) is 5.69 Å². The van der Waals surface area contributed by atoms with Gasteiger partial charge in [-0.3, -0.25) is 19.8 Å². The van der Waals surface area contributed by atoms with E-state index < -0.39 is 17.6 Å². The number of hydrogen-bond donors (Lipinski definition) is 2. The first kappa shape index (κ1) is 18.7. The number of nitrogens with one attached hydrogen (secondary N) is 2. The summed E-state index contributed by atoms with van der Waals surface area (Å²) in [5.41, 5.74) is 3.21. The molecule has 1 aliphatic heterocycles. The summed E-state index contributed by atoms with van der Waals surface area (Å²) in [6.45, 7) is 2.17. The van der Waals surface area contributed by atoms with Crippen LogP contribution in [0.1, 0.15) is 22.9 Å². The Morgan fingerprint density at radius 3 is 2.79 bits per heavy atom. The molecule has 2 aromatic carbocycles. The molecule has 0 saturated carbocycles. The molecule has 2 N–H and O–H groups in total. The molecule has 1 amide bonds. The quantitative estimate of drug-likeness (QED) is 0.640. The second kappa shape index (κ2) is 7.75. The van der Waals surface area contributed by atoms with Crippen LogP contribution in [0.15, 0.2) is 53.8 Å². The number of carbonyl (C=O) groups is 1. The molecule has 6 nitrogen and oxygen atoms in total. The molecule has 0 spiro atoms. The van der Waals surface area contributed by atoms with E-state index in [-0.39, 0.29) is 5.91 Å².